The van der Waals surface area contributed by atoms with Gasteiger partial charge in [0.05, 0.1) is 53.0 Å². The summed E-state index contributed by atoms with van der Waals surface area (Å²) in [6.07, 6.45) is 7.90. The molecule has 22 nitrogen and oxygen atoms in total. The number of ketones is 1. The second-order valence-electron chi connectivity index (χ2n) is 20.1. The molecule has 9 N–H and O–H groups in total. The fourth-order valence-corrected chi connectivity index (χ4v) is 9.46. The van der Waals surface area contributed by atoms with Crippen molar-refractivity contribution >= 4 is 63.7 Å². The molecular weight excluding hydrogens is 1060 g/mol. The number of aromatic nitrogens is 1. The molecule has 3 aromatic carbocycles. The zero-order chi connectivity index (χ0) is 58.7. The molecule has 80 heavy (non-hydrogen) atoms. The number of hydrogen-bond acceptors (Lipinski definition) is 19. The Kier molecular flexibility index (Phi) is 20.7. The summed E-state index contributed by atoms with van der Waals surface area (Å²) in [5.41, 5.74) is 8.08. The van der Waals surface area contributed by atoms with Gasteiger partial charge in [0.2, 0.25) is 0 Å². The van der Waals surface area contributed by atoms with Gasteiger partial charge in [-0.15, -0.1) is 0 Å². The van der Waals surface area contributed by atoms with Crippen LogP contribution in [0.3, 0.4) is 0 Å². The number of hydrogen-bond donors (Lipinski definition) is 8. The first-order valence-electron chi connectivity index (χ1n) is 25.8. The minimum Gasteiger partial charge on any atom is -0.507 e. The molecule has 0 aliphatic carbocycles. The Balaban J connectivity index is 0.000000410. The highest BCUT2D eigenvalue weighted by molar-refractivity contribution is 6.30. The highest BCUT2D eigenvalue weighted by Crippen LogP contribution is 2.55. The number of hydrazone groups is 2. The molecular formula is C57H71ClN8O14. The van der Waals surface area contributed by atoms with Gasteiger partial charge in [0.1, 0.15) is 35.7 Å². The normalized spacial score (nSPS) is 26.5. The van der Waals surface area contributed by atoms with Gasteiger partial charge in [-0.1, -0.05) is 57.5 Å². The van der Waals surface area contributed by atoms with Crippen molar-refractivity contribution in [3.8, 4) is 28.7 Å². The number of anilines is 1. The predicted octanol–water partition coefficient (Wildman–Crippen LogP) is 6.15. The summed E-state index contributed by atoms with van der Waals surface area (Å²) in [7, 11) is 3.42. The number of methoxy groups -OCH3 is 1. The molecule has 1 saturated heterocycles. The molecule has 0 radical (unpaired) electrons. The molecule has 1 fully saturated rings. The van der Waals surface area contributed by atoms with E-state index in [-0.39, 0.29) is 62.8 Å². The Morgan fingerprint density at radius 3 is 2.24 bits per heavy atom. The molecule has 0 spiro atoms. The van der Waals surface area contributed by atoms with Crippen LogP contribution in [0.4, 0.5) is 5.69 Å². The van der Waals surface area contributed by atoms with Crippen LogP contribution in [0.15, 0.2) is 95.1 Å². The van der Waals surface area contributed by atoms with Crippen LogP contribution >= 0.6 is 11.6 Å². The number of Topliss-reactive ketones (excluding diaryl/α,β-unsaturated/α-hetero) is 1. The number of benzene rings is 3. The number of esters is 1. The number of piperazine rings is 1. The molecule has 5 heterocycles. The van der Waals surface area contributed by atoms with Gasteiger partial charge in [0.15, 0.2) is 11.6 Å². The maximum absolute atomic E-state index is 14.4. The molecule has 4 aromatic rings. The van der Waals surface area contributed by atoms with Crippen molar-refractivity contribution in [2.24, 2.45) is 39.6 Å². The Hall–Kier alpha value is -7.76. The van der Waals surface area contributed by atoms with Crippen LogP contribution in [0.25, 0.3) is 10.8 Å². The van der Waals surface area contributed by atoms with Gasteiger partial charge in [-0.3, -0.25) is 29.2 Å². The molecule has 0 saturated carbocycles. The highest BCUT2D eigenvalue weighted by atomic mass is 35.5. The lowest BCUT2D eigenvalue weighted by Gasteiger charge is -2.38. The second kappa shape index (κ2) is 26.9. The number of allylic oxidation sites excluding steroid dienone is 2. The number of rotatable bonds is 9. The van der Waals surface area contributed by atoms with Crippen molar-refractivity contribution in [3.05, 3.63) is 112 Å². The maximum atomic E-state index is 14.4. The third-order valence-corrected chi connectivity index (χ3v) is 14.6. The van der Waals surface area contributed by atoms with E-state index in [2.05, 4.69) is 30.8 Å². The summed E-state index contributed by atoms with van der Waals surface area (Å²) < 4.78 is 29.0. The van der Waals surface area contributed by atoms with Crippen molar-refractivity contribution < 1.29 is 68.4 Å². The Labute approximate surface area is 469 Å². The van der Waals surface area contributed by atoms with E-state index in [1.807, 2.05) is 7.05 Å². The number of phenolic OH excluding ortho intramolecular Hbond substituents is 3. The molecule has 23 heteroatoms. The van der Waals surface area contributed by atoms with Crippen LogP contribution in [0.2, 0.25) is 5.02 Å². The monoisotopic (exact) mass is 1130 g/mol. The van der Waals surface area contributed by atoms with Crippen molar-refractivity contribution in [2.75, 3.05) is 52.3 Å². The van der Waals surface area contributed by atoms with E-state index in [0.29, 0.717) is 29.4 Å². The second-order valence-corrected chi connectivity index (χ2v) is 20.6. The van der Waals surface area contributed by atoms with E-state index in [4.69, 9.17) is 41.0 Å². The lowest BCUT2D eigenvalue weighted by molar-refractivity contribution is -0.160. The third kappa shape index (κ3) is 14.3. The number of halogens is 1. The van der Waals surface area contributed by atoms with Gasteiger partial charge >= 0.3 is 11.8 Å². The summed E-state index contributed by atoms with van der Waals surface area (Å²) in [4.78, 5) is 58.2. The number of amides is 2. The number of ether oxygens (including phenoxy) is 5. The van der Waals surface area contributed by atoms with Crippen LogP contribution in [0, 0.1) is 30.6 Å². The summed E-state index contributed by atoms with van der Waals surface area (Å²) in [5, 5.41) is 71.2. The van der Waals surface area contributed by atoms with Gasteiger partial charge in [-0.05, 0) is 63.4 Å². The molecule has 0 unspecified atom stereocenters. The molecule has 2 amide bonds. The average molecular weight is 1130 g/mol. The van der Waals surface area contributed by atoms with Crippen molar-refractivity contribution in [3.63, 3.8) is 0 Å². The number of likely N-dealkylation sites (N-methyl/N-ethyl adjacent to an activating group) is 1. The van der Waals surface area contributed by atoms with E-state index in [1.165, 1.54) is 71.8 Å². The molecule has 1 aromatic heterocycles. The van der Waals surface area contributed by atoms with E-state index in [9.17, 15) is 44.7 Å². The van der Waals surface area contributed by atoms with E-state index >= 15 is 0 Å². The van der Waals surface area contributed by atoms with Crippen LogP contribution in [0.1, 0.15) is 80.3 Å². The zero-order valence-corrected chi connectivity index (χ0v) is 47.1. The average Bonchev–Trinajstić information content (AvgIpc) is 3.83. The summed E-state index contributed by atoms with van der Waals surface area (Å²) >= 11 is 5.76. The fraction of sp³-hybridized carbons (Fsp3) is 0.421. The number of fused-ring (bicyclic) bond motifs is 14. The number of carbonyl (C=O) groups is 4. The van der Waals surface area contributed by atoms with Gasteiger partial charge in [0.25, 0.3) is 17.6 Å². The SMILES string of the molecule is CO[C@H]1/C=C/O[C@@]2(C)Oc3c(C)c(O)c4c(O)c(c(/C=N\N5CCN(C)CC5)c(O)c4c3C2=O)NC(=O)/C(C)=C\C=C\[C@H](C)[C@H](O)[C@@H](C)[C@@H](O)[C@@H](C)[C@H](OC(C)=O)[C@@H]1C.N/C(COc1ccc(Cl)cc1)=N/NC(=O)c1ccncc1. The van der Waals surface area contributed by atoms with Crippen LogP contribution < -0.4 is 25.9 Å². The molecule has 5 bridgehead atoms. The molecule has 4 aliphatic heterocycles. The highest BCUT2D eigenvalue weighted by Gasteiger charge is 2.50. The van der Waals surface area contributed by atoms with Crippen molar-refractivity contribution in [2.45, 2.75) is 85.6 Å². The fourth-order valence-electron chi connectivity index (χ4n) is 9.33. The zero-order valence-electron chi connectivity index (χ0n) is 46.3. The van der Waals surface area contributed by atoms with Crippen molar-refractivity contribution in [1.82, 2.24) is 20.3 Å². The Morgan fingerprint density at radius 1 is 0.938 bits per heavy atom. The Morgan fingerprint density at radius 2 is 1.60 bits per heavy atom. The number of nitrogens with one attached hydrogen (secondary N) is 2. The number of aliphatic hydroxyl groups is 2. The van der Waals surface area contributed by atoms with Gasteiger partial charge in [-0.2, -0.15) is 10.2 Å². The molecule has 8 rings (SSSR count). The number of nitrogens with two attached hydrogens (primary N) is 1. The predicted molar refractivity (Wildman–Crippen MR) is 301 cm³/mol. The lowest BCUT2D eigenvalue weighted by atomic mass is 9.78. The Bertz CT molecular complexity index is 3060. The molecule has 430 valence electrons. The van der Waals surface area contributed by atoms with E-state index in [1.54, 1.807) is 81.3 Å². The minimum atomic E-state index is -2.04. The third-order valence-electron chi connectivity index (χ3n) is 14.3. The quantitative estimate of drug-likeness (QED) is 0.0233. The van der Waals surface area contributed by atoms with Crippen LogP contribution in [-0.4, -0.2) is 153 Å². The van der Waals surface area contributed by atoms with Gasteiger partial charge in [-0.25, -0.2) is 5.43 Å². The van der Waals surface area contributed by atoms with Crippen LogP contribution in [-0.2, 0) is 23.8 Å². The van der Waals surface area contributed by atoms with Crippen molar-refractivity contribution in [1.29, 1.82) is 0 Å². The van der Waals surface area contributed by atoms with Gasteiger partial charge < -0.3 is 65.2 Å². The summed E-state index contributed by atoms with van der Waals surface area (Å²) in [6, 6.07) is 9.98. The van der Waals surface area contributed by atoms with E-state index < -0.39 is 88.8 Å². The number of aliphatic hydroxyl groups excluding tert-OH is 2. The number of pyridine rings is 1. The van der Waals surface area contributed by atoms with Crippen LogP contribution in [0.5, 0.6) is 28.7 Å². The number of carbonyl (C=O) groups excluding carboxylic acids is 4. The maximum Gasteiger partial charge on any atom is 0.312 e. The topological polar surface area (TPSA) is 310 Å². The smallest absolute Gasteiger partial charge is 0.312 e. The standard InChI is InChI=1S/C43H58N4O12.C14H13ClN4O2/c1-21-12-11-13-22(2)42(55)45-33-28(20-44-47-17-15-46(9)16-18-47)37(52)30-31(38(33)53)36(51)26(6)40-32(30)41(54)43(8,59-40)57-19-14-29(56-10)23(3)39(58-27(7)48)25(5)35(50)24(4)34(21)49;15-11-1-3-12(4-2-11)21-9-13(16)18-19-14(20)10-5-7-17-8-6-10/h11-14,19-21,23-25,29,34-35,39,49-53H,15-18H2,1-10H3,(H,45,55);1-8H,9H2,(H2,16,18)(H,19,20)/b12-11+,19-14+,22-13-,44-20-;/t21-,23+,24+,25+,29-,34-,35+,39+,43-;/m0./s1. The number of nitrogens with zero attached hydrogens (tertiary/aromatic N) is 5. The first-order chi connectivity index (χ1) is 37.9. The minimum absolute atomic E-state index is 0.0538. The number of phenols is 3. The van der Waals surface area contributed by atoms with Gasteiger partial charge in [0, 0.05) is 110 Å². The number of aromatic hydroxyl groups is 3. The lowest BCUT2D eigenvalue weighted by Crippen LogP contribution is -2.46. The number of amidine groups is 1. The first-order valence-corrected chi connectivity index (χ1v) is 26.2. The summed E-state index contributed by atoms with van der Waals surface area (Å²) in [5.74, 6) is -7.96. The first kappa shape index (κ1) is 61.5. The molecule has 9 atom stereocenters. The largest absolute Gasteiger partial charge is 0.507 e. The summed E-state index contributed by atoms with van der Waals surface area (Å²) in [6.45, 7) is 15.1. The van der Waals surface area contributed by atoms with E-state index in [0.717, 1.165) is 13.1 Å². The molecule has 4 aliphatic rings.